The predicted octanol–water partition coefficient (Wildman–Crippen LogP) is 1.83. The minimum atomic E-state index is 0.836. The van der Waals surface area contributed by atoms with Crippen LogP contribution < -0.4 is 0 Å². The summed E-state index contributed by atoms with van der Waals surface area (Å²) >= 11 is 0. The van der Waals surface area contributed by atoms with Crippen LogP contribution in [0, 0.1) is 6.92 Å². The van der Waals surface area contributed by atoms with E-state index < -0.39 is 0 Å². The molecular weight excluding hydrogens is 152 g/mol. The standard InChI is InChI=1S/C9H10N2O/c1-8-9(7-12-10-8)6-11-4-2-3-5-11/h2-5,7H,6H2,1H3. The fourth-order valence-corrected chi connectivity index (χ4v) is 1.14. The molecule has 0 fully saturated rings. The van der Waals surface area contributed by atoms with Crippen molar-refractivity contribution in [2.75, 3.05) is 0 Å². The summed E-state index contributed by atoms with van der Waals surface area (Å²) in [6, 6.07) is 4.01. The Morgan fingerprint density at radius 2 is 2.17 bits per heavy atom. The number of rotatable bonds is 2. The van der Waals surface area contributed by atoms with Crippen LogP contribution in [-0.4, -0.2) is 9.72 Å². The summed E-state index contributed by atoms with van der Waals surface area (Å²) in [5, 5.41) is 3.81. The molecular formula is C9H10N2O. The molecule has 0 radical (unpaired) electrons. The normalized spacial score (nSPS) is 10.4. The molecule has 0 aliphatic carbocycles. The van der Waals surface area contributed by atoms with Gasteiger partial charge in [0.2, 0.25) is 0 Å². The lowest BCUT2D eigenvalue weighted by Crippen LogP contribution is -1.95. The number of aromatic nitrogens is 2. The Morgan fingerprint density at radius 1 is 1.42 bits per heavy atom. The predicted molar refractivity (Wildman–Crippen MR) is 44.8 cm³/mol. The van der Waals surface area contributed by atoms with Gasteiger partial charge in [-0.3, -0.25) is 0 Å². The topological polar surface area (TPSA) is 31.0 Å². The van der Waals surface area contributed by atoms with E-state index in [0.717, 1.165) is 17.8 Å². The van der Waals surface area contributed by atoms with Gasteiger partial charge in [0, 0.05) is 18.0 Å². The van der Waals surface area contributed by atoms with E-state index in [-0.39, 0.29) is 0 Å². The molecule has 2 aromatic heterocycles. The van der Waals surface area contributed by atoms with E-state index in [1.54, 1.807) is 6.26 Å². The molecule has 0 amide bonds. The third kappa shape index (κ3) is 1.25. The van der Waals surface area contributed by atoms with Gasteiger partial charge in [0.25, 0.3) is 0 Å². The maximum atomic E-state index is 4.83. The van der Waals surface area contributed by atoms with Gasteiger partial charge in [0.05, 0.1) is 12.2 Å². The first-order valence-electron chi connectivity index (χ1n) is 3.87. The van der Waals surface area contributed by atoms with E-state index in [1.165, 1.54) is 0 Å². The maximum absolute atomic E-state index is 4.83. The van der Waals surface area contributed by atoms with Crippen LogP contribution in [0.1, 0.15) is 11.3 Å². The van der Waals surface area contributed by atoms with Crippen LogP contribution >= 0.6 is 0 Å². The van der Waals surface area contributed by atoms with E-state index >= 15 is 0 Å². The van der Waals surface area contributed by atoms with Crippen LogP contribution in [0.2, 0.25) is 0 Å². The van der Waals surface area contributed by atoms with Crippen molar-refractivity contribution in [3.05, 3.63) is 42.0 Å². The molecule has 0 saturated carbocycles. The maximum Gasteiger partial charge on any atom is 0.129 e. The average molecular weight is 162 g/mol. The largest absolute Gasteiger partial charge is 0.364 e. The minimum Gasteiger partial charge on any atom is -0.364 e. The van der Waals surface area contributed by atoms with Crippen molar-refractivity contribution in [3.63, 3.8) is 0 Å². The van der Waals surface area contributed by atoms with Crippen LogP contribution in [-0.2, 0) is 6.54 Å². The molecule has 2 rings (SSSR count). The van der Waals surface area contributed by atoms with Gasteiger partial charge in [-0.1, -0.05) is 5.16 Å². The first kappa shape index (κ1) is 7.16. The summed E-state index contributed by atoms with van der Waals surface area (Å²) in [5.41, 5.74) is 2.09. The lowest BCUT2D eigenvalue weighted by atomic mass is 10.3. The first-order valence-corrected chi connectivity index (χ1v) is 3.87. The lowest BCUT2D eigenvalue weighted by Gasteiger charge is -1.98. The molecule has 0 N–H and O–H groups in total. The second kappa shape index (κ2) is 2.85. The van der Waals surface area contributed by atoms with Crippen molar-refractivity contribution >= 4 is 0 Å². The second-order valence-electron chi connectivity index (χ2n) is 2.78. The highest BCUT2D eigenvalue weighted by atomic mass is 16.5. The van der Waals surface area contributed by atoms with Crippen molar-refractivity contribution in [2.45, 2.75) is 13.5 Å². The van der Waals surface area contributed by atoms with Crippen molar-refractivity contribution in [1.29, 1.82) is 0 Å². The summed E-state index contributed by atoms with van der Waals surface area (Å²) in [6.45, 7) is 2.78. The molecule has 62 valence electrons. The van der Waals surface area contributed by atoms with Gasteiger partial charge in [-0.05, 0) is 19.1 Å². The third-order valence-corrected chi connectivity index (χ3v) is 1.87. The zero-order valence-electron chi connectivity index (χ0n) is 6.90. The van der Waals surface area contributed by atoms with Gasteiger partial charge in [0.1, 0.15) is 6.26 Å². The van der Waals surface area contributed by atoms with Crippen molar-refractivity contribution in [2.24, 2.45) is 0 Å². The zero-order chi connectivity index (χ0) is 8.39. The van der Waals surface area contributed by atoms with E-state index in [4.69, 9.17) is 4.52 Å². The average Bonchev–Trinajstić information content (AvgIpc) is 2.65. The molecule has 12 heavy (non-hydrogen) atoms. The number of hydrogen-bond acceptors (Lipinski definition) is 2. The Labute approximate surface area is 70.6 Å². The molecule has 0 bridgehead atoms. The molecule has 0 aliphatic rings. The highest BCUT2D eigenvalue weighted by Gasteiger charge is 2.01. The summed E-state index contributed by atoms with van der Waals surface area (Å²) in [6.07, 6.45) is 5.73. The van der Waals surface area contributed by atoms with Crippen LogP contribution in [0.5, 0.6) is 0 Å². The van der Waals surface area contributed by atoms with E-state index in [9.17, 15) is 0 Å². The lowest BCUT2D eigenvalue weighted by molar-refractivity contribution is 0.414. The second-order valence-corrected chi connectivity index (χ2v) is 2.78. The fourth-order valence-electron chi connectivity index (χ4n) is 1.14. The van der Waals surface area contributed by atoms with Gasteiger partial charge < -0.3 is 9.09 Å². The summed E-state index contributed by atoms with van der Waals surface area (Å²) in [7, 11) is 0. The fraction of sp³-hybridized carbons (Fsp3) is 0.222. The minimum absolute atomic E-state index is 0.836. The molecule has 2 heterocycles. The van der Waals surface area contributed by atoms with Gasteiger partial charge in [-0.15, -0.1) is 0 Å². The quantitative estimate of drug-likeness (QED) is 0.674. The molecule has 3 heteroatoms. The summed E-state index contributed by atoms with van der Waals surface area (Å²) < 4.78 is 6.91. The van der Waals surface area contributed by atoms with Crippen LogP contribution in [0.3, 0.4) is 0 Å². The highest BCUT2D eigenvalue weighted by Crippen LogP contribution is 2.07. The zero-order valence-corrected chi connectivity index (χ0v) is 6.90. The molecule has 0 aromatic carbocycles. The Balaban J connectivity index is 2.20. The van der Waals surface area contributed by atoms with Gasteiger partial charge in [-0.2, -0.15) is 0 Å². The van der Waals surface area contributed by atoms with Crippen LogP contribution in [0.4, 0.5) is 0 Å². The van der Waals surface area contributed by atoms with Crippen molar-refractivity contribution < 1.29 is 4.52 Å². The highest BCUT2D eigenvalue weighted by molar-refractivity contribution is 5.13. The summed E-state index contributed by atoms with van der Waals surface area (Å²) in [5.74, 6) is 0. The van der Waals surface area contributed by atoms with E-state index in [2.05, 4.69) is 9.72 Å². The van der Waals surface area contributed by atoms with E-state index in [1.807, 2.05) is 31.5 Å². The van der Waals surface area contributed by atoms with E-state index in [0.29, 0.717) is 0 Å². The third-order valence-electron chi connectivity index (χ3n) is 1.87. The monoisotopic (exact) mass is 162 g/mol. The Hall–Kier alpha value is -1.51. The molecule has 3 nitrogen and oxygen atoms in total. The number of hydrogen-bond donors (Lipinski definition) is 0. The smallest absolute Gasteiger partial charge is 0.129 e. The van der Waals surface area contributed by atoms with Crippen LogP contribution in [0.25, 0.3) is 0 Å². The van der Waals surface area contributed by atoms with Gasteiger partial charge in [-0.25, -0.2) is 0 Å². The Bertz CT molecular complexity index is 348. The SMILES string of the molecule is Cc1nocc1Cn1cccc1. The van der Waals surface area contributed by atoms with Crippen molar-refractivity contribution in [1.82, 2.24) is 9.72 Å². The molecule has 0 aliphatic heterocycles. The molecule has 0 spiro atoms. The Kier molecular flexibility index (Phi) is 1.70. The molecule has 0 atom stereocenters. The van der Waals surface area contributed by atoms with Gasteiger partial charge in [0.15, 0.2) is 0 Å². The number of aryl methyl sites for hydroxylation is 1. The van der Waals surface area contributed by atoms with Crippen molar-refractivity contribution in [3.8, 4) is 0 Å². The van der Waals surface area contributed by atoms with Gasteiger partial charge >= 0.3 is 0 Å². The molecule has 0 unspecified atom stereocenters. The summed E-state index contributed by atoms with van der Waals surface area (Å²) in [4.78, 5) is 0. The molecule has 0 saturated heterocycles. The number of nitrogens with zero attached hydrogens (tertiary/aromatic N) is 2. The van der Waals surface area contributed by atoms with Crippen LogP contribution in [0.15, 0.2) is 35.3 Å². The molecule has 2 aromatic rings. The first-order chi connectivity index (χ1) is 5.86. The Morgan fingerprint density at radius 3 is 2.75 bits per heavy atom.